The maximum absolute atomic E-state index is 10.2. The number of benzene rings is 5. The Hall–Kier alpha value is -6.17. The highest BCUT2D eigenvalue weighted by atomic mass is 15.1. The normalized spacial score (nSPS) is 11.4. The molecule has 0 saturated carbocycles. The molecule has 0 amide bonds. The first kappa shape index (κ1) is 25.5. The molecule has 3 heterocycles. The third-order valence-electron chi connectivity index (χ3n) is 8.52. The molecule has 0 saturated heterocycles. The van der Waals surface area contributed by atoms with E-state index in [-0.39, 0.29) is 0 Å². The first-order valence-electron chi connectivity index (χ1n) is 14.5. The Kier molecular flexibility index (Phi) is 5.63. The first-order valence-corrected chi connectivity index (χ1v) is 14.5. The Morgan fingerprint density at radius 2 is 1.05 bits per heavy atom. The summed E-state index contributed by atoms with van der Waals surface area (Å²) in [6, 6.07) is 43.8. The molecule has 0 atom stereocenters. The van der Waals surface area contributed by atoms with Crippen LogP contribution in [0.15, 0.2) is 115 Å². The fourth-order valence-electron chi connectivity index (χ4n) is 6.56. The van der Waals surface area contributed by atoms with E-state index < -0.39 is 0 Å². The zero-order valence-electron chi connectivity index (χ0n) is 24.2. The number of nitrogens with zero attached hydrogens (tertiary/aromatic N) is 5. The van der Waals surface area contributed by atoms with Gasteiger partial charge in [0.2, 0.25) is 0 Å². The third kappa shape index (κ3) is 3.74. The molecule has 0 radical (unpaired) electrons. The average molecular weight is 564 g/mol. The van der Waals surface area contributed by atoms with E-state index in [1.807, 2.05) is 24.3 Å². The van der Waals surface area contributed by atoms with E-state index in [9.17, 15) is 10.5 Å². The molecule has 0 aliphatic carbocycles. The fraction of sp³-hybridized carbons (Fsp3) is 0.0513. The minimum Gasteiger partial charge on any atom is -0.294 e. The summed E-state index contributed by atoms with van der Waals surface area (Å²) in [4.78, 5) is 5.37. The molecule has 0 spiro atoms. The van der Waals surface area contributed by atoms with Crippen molar-refractivity contribution in [3.63, 3.8) is 0 Å². The Morgan fingerprint density at radius 3 is 1.57 bits per heavy atom. The van der Waals surface area contributed by atoms with Crippen molar-refractivity contribution < 1.29 is 0 Å². The van der Waals surface area contributed by atoms with Gasteiger partial charge in [-0.15, -0.1) is 0 Å². The number of para-hydroxylation sites is 2. The molecule has 8 aromatic rings. The van der Waals surface area contributed by atoms with Gasteiger partial charge >= 0.3 is 0 Å². The zero-order valence-corrected chi connectivity index (χ0v) is 24.2. The highest BCUT2D eigenvalue weighted by Crippen LogP contribution is 2.37. The number of nitriles is 2. The minimum absolute atomic E-state index is 0.351. The predicted octanol–water partition coefficient (Wildman–Crippen LogP) is 9.30. The van der Waals surface area contributed by atoms with Crippen LogP contribution in [0.2, 0.25) is 0 Å². The Bertz CT molecular complexity index is 2410. The van der Waals surface area contributed by atoms with Crippen molar-refractivity contribution in [1.29, 1.82) is 10.5 Å². The predicted molar refractivity (Wildman–Crippen MR) is 177 cm³/mol. The van der Waals surface area contributed by atoms with Crippen molar-refractivity contribution in [1.82, 2.24) is 14.1 Å². The van der Waals surface area contributed by atoms with Crippen LogP contribution in [0.3, 0.4) is 0 Å². The van der Waals surface area contributed by atoms with Gasteiger partial charge in [-0.2, -0.15) is 10.5 Å². The maximum Gasteiger partial charge on any atom is 0.140 e. The summed E-state index contributed by atoms with van der Waals surface area (Å²) >= 11 is 0. The number of pyridine rings is 1. The van der Waals surface area contributed by atoms with Crippen molar-refractivity contribution in [2.24, 2.45) is 0 Å². The van der Waals surface area contributed by atoms with E-state index in [0.29, 0.717) is 16.7 Å². The van der Waals surface area contributed by atoms with Crippen LogP contribution in [0.5, 0.6) is 0 Å². The topological polar surface area (TPSA) is 70.3 Å². The minimum atomic E-state index is 0.351. The van der Waals surface area contributed by atoms with Crippen LogP contribution in [0.1, 0.15) is 22.3 Å². The number of fused-ring (bicyclic) bond motifs is 6. The van der Waals surface area contributed by atoms with Crippen LogP contribution < -0.4 is 0 Å². The molecular weight excluding hydrogens is 538 g/mol. The van der Waals surface area contributed by atoms with Gasteiger partial charge in [-0.1, -0.05) is 71.8 Å². The molecule has 0 aliphatic heterocycles. The lowest BCUT2D eigenvalue weighted by atomic mass is 9.97. The second-order valence-electron chi connectivity index (χ2n) is 11.3. The standard InChI is InChI=1S/C39H25N5/c1-24-14-16-36-31(18-24)29-9-3-5-12-34(29)43(36)38-20-27(28-11-7-8-26(22-40)33(28)23-41)21-39(42-38)44-35-13-6-4-10-30(35)32-19-25(2)15-17-37(32)44/h3-21H,1-2H3. The molecule has 206 valence electrons. The summed E-state index contributed by atoms with van der Waals surface area (Å²) < 4.78 is 4.41. The van der Waals surface area contributed by atoms with Gasteiger partial charge in [-0.3, -0.25) is 9.13 Å². The smallest absolute Gasteiger partial charge is 0.140 e. The number of hydrogen-bond donors (Lipinski definition) is 0. The van der Waals surface area contributed by atoms with Crippen molar-refractivity contribution >= 4 is 43.6 Å². The second kappa shape index (κ2) is 9.70. The molecule has 0 aliphatic rings. The molecule has 5 nitrogen and oxygen atoms in total. The summed E-state index contributed by atoms with van der Waals surface area (Å²) in [5.74, 6) is 1.47. The number of hydrogen-bond acceptors (Lipinski definition) is 3. The van der Waals surface area contributed by atoms with E-state index in [1.54, 1.807) is 6.07 Å². The number of aryl methyl sites for hydroxylation is 2. The molecule has 5 heteroatoms. The van der Waals surface area contributed by atoms with Gasteiger partial charge in [0.05, 0.1) is 33.2 Å². The van der Waals surface area contributed by atoms with E-state index >= 15 is 0 Å². The van der Waals surface area contributed by atoms with Gasteiger partial charge in [-0.25, -0.2) is 4.98 Å². The molecule has 0 bridgehead atoms. The molecule has 44 heavy (non-hydrogen) atoms. The van der Waals surface area contributed by atoms with Crippen molar-refractivity contribution in [2.45, 2.75) is 13.8 Å². The lowest BCUT2D eigenvalue weighted by Crippen LogP contribution is -2.05. The van der Waals surface area contributed by atoms with E-state index in [2.05, 4.69) is 120 Å². The number of rotatable bonds is 3. The highest BCUT2D eigenvalue weighted by Gasteiger charge is 2.20. The average Bonchev–Trinajstić information content (AvgIpc) is 3.56. The summed E-state index contributed by atoms with van der Waals surface area (Å²) in [6.07, 6.45) is 0. The monoisotopic (exact) mass is 563 g/mol. The fourth-order valence-corrected chi connectivity index (χ4v) is 6.56. The first-order chi connectivity index (χ1) is 21.6. The zero-order chi connectivity index (χ0) is 29.9. The second-order valence-corrected chi connectivity index (χ2v) is 11.3. The molecule has 8 rings (SSSR count). The van der Waals surface area contributed by atoms with E-state index in [4.69, 9.17) is 4.98 Å². The van der Waals surface area contributed by atoms with Crippen molar-refractivity contribution in [3.8, 4) is 34.9 Å². The highest BCUT2D eigenvalue weighted by molar-refractivity contribution is 6.10. The largest absolute Gasteiger partial charge is 0.294 e. The van der Waals surface area contributed by atoms with Gasteiger partial charge in [-0.05, 0) is 74.0 Å². The Balaban J connectivity index is 1.53. The van der Waals surface area contributed by atoms with Crippen LogP contribution in [-0.4, -0.2) is 14.1 Å². The Labute approximate surface area is 254 Å². The van der Waals surface area contributed by atoms with Gasteiger partial charge < -0.3 is 0 Å². The quantitative estimate of drug-likeness (QED) is 0.215. The van der Waals surface area contributed by atoms with Crippen LogP contribution in [0, 0.1) is 36.5 Å². The molecule has 5 aromatic carbocycles. The Morgan fingerprint density at radius 1 is 0.523 bits per heavy atom. The molecule has 0 unspecified atom stereocenters. The van der Waals surface area contributed by atoms with E-state index in [0.717, 1.165) is 60.8 Å². The lowest BCUT2D eigenvalue weighted by molar-refractivity contribution is 1.01. The van der Waals surface area contributed by atoms with Gasteiger partial charge in [0.25, 0.3) is 0 Å². The maximum atomic E-state index is 10.2. The van der Waals surface area contributed by atoms with E-state index in [1.165, 1.54) is 11.1 Å². The summed E-state index contributed by atoms with van der Waals surface area (Å²) in [6.45, 7) is 4.22. The third-order valence-corrected chi connectivity index (χ3v) is 8.52. The van der Waals surface area contributed by atoms with Crippen LogP contribution in [0.25, 0.3) is 66.4 Å². The number of aromatic nitrogens is 3. The summed E-state index contributed by atoms with van der Waals surface area (Å²) in [5.41, 5.74) is 8.80. The van der Waals surface area contributed by atoms with Crippen LogP contribution >= 0.6 is 0 Å². The molecule has 0 fully saturated rings. The molecule has 0 N–H and O–H groups in total. The van der Waals surface area contributed by atoms with Crippen molar-refractivity contribution in [3.05, 3.63) is 138 Å². The van der Waals surface area contributed by atoms with Crippen LogP contribution in [-0.2, 0) is 0 Å². The van der Waals surface area contributed by atoms with Crippen molar-refractivity contribution in [2.75, 3.05) is 0 Å². The molecule has 3 aromatic heterocycles. The molecular formula is C39H25N5. The summed E-state index contributed by atoms with van der Waals surface area (Å²) in [7, 11) is 0. The lowest BCUT2D eigenvalue weighted by Gasteiger charge is -2.15. The summed E-state index contributed by atoms with van der Waals surface area (Å²) in [5, 5.41) is 24.6. The van der Waals surface area contributed by atoms with Gasteiger partial charge in [0.1, 0.15) is 23.8 Å². The van der Waals surface area contributed by atoms with Crippen LogP contribution in [0.4, 0.5) is 0 Å². The van der Waals surface area contributed by atoms with Gasteiger partial charge in [0, 0.05) is 27.1 Å². The SMILES string of the molecule is Cc1ccc2c(c1)c1ccccc1n2-c1cc(-c2cccc(C#N)c2C#N)cc(-n2c3ccccc3c3cc(C)ccc32)n1. The van der Waals surface area contributed by atoms with Gasteiger partial charge in [0.15, 0.2) is 0 Å².